The van der Waals surface area contributed by atoms with Gasteiger partial charge in [-0.3, -0.25) is 9.59 Å². The number of hydrogen-bond donors (Lipinski definition) is 2. The molecule has 2 N–H and O–H groups in total. The number of likely N-dealkylation sites (tertiary alicyclic amines) is 1. The molecule has 0 saturated carbocycles. The largest absolute Gasteiger partial charge is 0.378 e. The van der Waals surface area contributed by atoms with Crippen LogP contribution in [0.2, 0.25) is 0 Å². The van der Waals surface area contributed by atoms with Crippen molar-refractivity contribution in [3.05, 3.63) is 35.4 Å². The fraction of sp³-hybridized carbons (Fsp3) is 0.579. The van der Waals surface area contributed by atoms with Crippen LogP contribution in [0.5, 0.6) is 0 Å². The Kier molecular flexibility index (Phi) is 6.96. The fourth-order valence-electron chi connectivity index (χ4n) is 3.03. The van der Waals surface area contributed by atoms with Crippen molar-refractivity contribution in [2.75, 3.05) is 19.7 Å². The molecule has 2 amide bonds. The van der Waals surface area contributed by atoms with Crippen molar-refractivity contribution >= 4 is 11.8 Å². The normalized spacial score (nSPS) is 20.4. The van der Waals surface area contributed by atoms with Gasteiger partial charge in [-0.1, -0.05) is 31.2 Å². The number of ether oxygens (including phenoxy) is 1. The quantitative estimate of drug-likeness (QED) is 0.734. The van der Waals surface area contributed by atoms with Gasteiger partial charge in [-0.25, -0.2) is 0 Å². The maximum Gasteiger partial charge on any atom is 0.254 e. The number of hydrogen-bond acceptors (Lipinski definition) is 4. The molecule has 2 rings (SSSR count). The molecule has 1 unspecified atom stereocenters. The SMILES string of the molecule is CCCOCc1ccccc1CNC(=O)C1(O)CCCN(C(C)=O)C1. The number of β-amino-alcohol motifs (C(OH)–C–C–N with tert-alkyl or cyclic N) is 1. The summed E-state index contributed by atoms with van der Waals surface area (Å²) >= 11 is 0. The molecule has 0 spiro atoms. The first-order chi connectivity index (χ1) is 12.0. The van der Waals surface area contributed by atoms with E-state index in [1.54, 1.807) is 0 Å². The van der Waals surface area contributed by atoms with E-state index >= 15 is 0 Å². The minimum Gasteiger partial charge on any atom is -0.378 e. The van der Waals surface area contributed by atoms with Crippen molar-refractivity contribution < 1.29 is 19.4 Å². The molecule has 0 aliphatic carbocycles. The van der Waals surface area contributed by atoms with Gasteiger partial charge in [-0.05, 0) is 30.4 Å². The van der Waals surface area contributed by atoms with Crippen LogP contribution in [0.4, 0.5) is 0 Å². The van der Waals surface area contributed by atoms with Crippen molar-refractivity contribution in [1.82, 2.24) is 10.2 Å². The number of carbonyl (C=O) groups is 2. The third-order valence-electron chi connectivity index (χ3n) is 4.50. The van der Waals surface area contributed by atoms with Gasteiger partial charge in [0.05, 0.1) is 13.2 Å². The van der Waals surface area contributed by atoms with Crippen LogP contribution in [0.25, 0.3) is 0 Å². The van der Waals surface area contributed by atoms with Gasteiger partial charge in [0, 0.05) is 26.6 Å². The highest BCUT2D eigenvalue weighted by atomic mass is 16.5. The summed E-state index contributed by atoms with van der Waals surface area (Å²) in [5.74, 6) is -0.549. The fourth-order valence-corrected chi connectivity index (χ4v) is 3.03. The average Bonchev–Trinajstić information content (AvgIpc) is 2.60. The minimum absolute atomic E-state index is 0.0510. The summed E-state index contributed by atoms with van der Waals surface area (Å²) in [6.45, 7) is 5.67. The number of benzene rings is 1. The third kappa shape index (κ3) is 5.28. The highest BCUT2D eigenvalue weighted by molar-refractivity contribution is 5.86. The summed E-state index contributed by atoms with van der Waals surface area (Å²) in [5, 5.41) is 13.5. The van der Waals surface area contributed by atoms with Gasteiger partial charge in [-0.15, -0.1) is 0 Å². The zero-order valence-corrected chi connectivity index (χ0v) is 15.1. The molecule has 138 valence electrons. The zero-order valence-electron chi connectivity index (χ0n) is 15.1. The van der Waals surface area contributed by atoms with Gasteiger partial charge in [-0.2, -0.15) is 0 Å². The molecule has 1 aliphatic rings. The van der Waals surface area contributed by atoms with Crippen molar-refractivity contribution in [1.29, 1.82) is 0 Å². The Hall–Kier alpha value is -1.92. The summed E-state index contributed by atoms with van der Waals surface area (Å²) in [6, 6.07) is 7.77. The lowest BCUT2D eigenvalue weighted by Gasteiger charge is -2.37. The van der Waals surface area contributed by atoms with E-state index in [1.165, 1.54) is 11.8 Å². The third-order valence-corrected chi connectivity index (χ3v) is 4.50. The monoisotopic (exact) mass is 348 g/mol. The first-order valence-corrected chi connectivity index (χ1v) is 8.87. The lowest BCUT2D eigenvalue weighted by atomic mass is 9.91. The molecule has 0 aromatic heterocycles. The highest BCUT2D eigenvalue weighted by Crippen LogP contribution is 2.22. The maximum absolute atomic E-state index is 12.5. The standard InChI is InChI=1S/C19H28N2O4/c1-3-11-25-13-17-8-5-4-7-16(17)12-20-18(23)19(24)9-6-10-21(14-19)15(2)22/h4-5,7-8,24H,3,6,9-14H2,1-2H3,(H,20,23). The molecule has 0 bridgehead atoms. The van der Waals surface area contributed by atoms with E-state index in [4.69, 9.17) is 4.74 Å². The number of carbonyl (C=O) groups excluding carboxylic acids is 2. The number of nitrogens with one attached hydrogen (secondary N) is 1. The maximum atomic E-state index is 12.5. The molecule has 1 saturated heterocycles. The molecule has 1 aromatic rings. The van der Waals surface area contributed by atoms with Crippen LogP contribution >= 0.6 is 0 Å². The Morgan fingerprint density at radius 2 is 2.04 bits per heavy atom. The Balaban J connectivity index is 1.96. The van der Waals surface area contributed by atoms with Gasteiger partial charge in [0.15, 0.2) is 5.60 Å². The summed E-state index contributed by atoms with van der Waals surface area (Å²) in [7, 11) is 0. The second kappa shape index (κ2) is 8.97. The Labute approximate surface area is 149 Å². The Morgan fingerprint density at radius 3 is 2.72 bits per heavy atom. The van der Waals surface area contributed by atoms with E-state index in [1.807, 2.05) is 24.3 Å². The van der Waals surface area contributed by atoms with Crippen LogP contribution in [0.15, 0.2) is 24.3 Å². The van der Waals surface area contributed by atoms with Crippen LogP contribution in [-0.2, 0) is 27.5 Å². The van der Waals surface area contributed by atoms with Gasteiger partial charge in [0.1, 0.15) is 0 Å². The molecule has 25 heavy (non-hydrogen) atoms. The molecule has 1 fully saturated rings. The molecule has 0 radical (unpaired) electrons. The average molecular weight is 348 g/mol. The summed E-state index contributed by atoms with van der Waals surface area (Å²) in [6.07, 6.45) is 1.94. The van der Waals surface area contributed by atoms with Crippen molar-refractivity contribution in [3.8, 4) is 0 Å². The number of aliphatic hydroxyl groups is 1. The van der Waals surface area contributed by atoms with Crippen molar-refractivity contribution in [2.45, 2.75) is 51.9 Å². The van der Waals surface area contributed by atoms with Crippen molar-refractivity contribution in [3.63, 3.8) is 0 Å². The second-order valence-corrected chi connectivity index (χ2v) is 6.58. The Morgan fingerprint density at radius 1 is 1.32 bits per heavy atom. The predicted molar refractivity (Wildman–Crippen MR) is 94.7 cm³/mol. The van der Waals surface area contributed by atoms with Crippen LogP contribution in [-0.4, -0.2) is 47.1 Å². The number of rotatable bonds is 7. The molecular formula is C19H28N2O4. The van der Waals surface area contributed by atoms with E-state index in [-0.39, 0.29) is 12.5 Å². The van der Waals surface area contributed by atoms with E-state index in [2.05, 4.69) is 12.2 Å². The molecule has 6 nitrogen and oxygen atoms in total. The molecular weight excluding hydrogens is 320 g/mol. The summed E-state index contributed by atoms with van der Waals surface area (Å²) in [4.78, 5) is 25.6. The van der Waals surface area contributed by atoms with Gasteiger partial charge >= 0.3 is 0 Å². The smallest absolute Gasteiger partial charge is 0.254 e. The predicted octanol–water partition coefficient (Wildman–Crippen LogP) is 1.60. The molecule has 1 aliphatic heterocycles. The lowest BCUT2D eigenvalue weighted by Crippen LogP contribution is -2.57. The first kappa shape index (κ1) is 19.4. The zero-order chi connectivity index (χ0) is 18.3. The molecule has 1 atom stereocenters. The minimum atomic E-state index is -1.52. The van der Waals surface area contributed by atoms with Crippen LogP contribution < -0.4 is 5.32 Å². The highest BCUT2D eigenvalue weighted by Gasteiger charge is 2.40. The summed E-state index contributed by atoms with van der Waals surface area (Å²) in [5.41, 5.74) is 0.476. The number of nitrogens with zero attached hydrogens (tertiary/aromatic N) is 1. The molecule has 6 heteroatoms. The van der Waals surface area contributed by atoms with E-state index in [9.17, 15) is 14.7 Å². The lowest BCUT2D eigenvalue weighted by molar-refractivity contribution is -0.150. The Bertz CT molecular complexity index is 605. The topological polar surface area (TPSA) is 78.9 Å². The molecule has 1 heterocycles. The first-order valence-electron chi connectivity index (χ1n) is 8.87. The van der Waals surface area contributed by atoms with E-state index in [0.29, 0.717) is 39.1 Å². The number of amides is 2. The van der Waals surface area contributed by atoms with Crippen LogP contribution in [0.1, 0.15) is 44.2 Å². The number of piperidine rings is 1. The van der Waals surface area contributed by atoms with Crippen LogP contribution in [0, 0.1) is 0 Å². The van der Waals surface area contributed by atoms with E-state index in [0.717, 1.165) is 17.5 Å². The summed E-state index contributed by atoms with van der Waals surface area (Å²) < 4.78 is 5.59. The van der Waals surface area contributed by atoms with Gasteiger partial charge in [0.2, 0.25) is 5.91 Å². The van der Waals surface area contributed by atoms with Crippen LogP contribution in [0.3, 0.4) is 0 Å². The van der Waals surface area contributed by atoms with Crippen molar-refractivity contribution in [2.24, 2.45) is 0 Å². The van der Waals surface area contributed by atoms with Gasteiger partial charge < -0.3 is 20.1 Å². The second-order valence-electron chi connectivity index (χ2n) is 6.58. The van der Waals surface area contributed by atoms with E-state index < -0.39 is 11.5 Å². The van der Waals surface area contributed by atoms with Gasteiger partial charge in [0.25, 0.3) is 5.91 Å². The molecule has 1 aromatic carbocycles.